The molecule has 1 aliphatic rings. The SMILES string of the molecule is Nc1ncc(-c2ccc(C3(c4noc(-c5ccccc5)n4)CCOCC3)cc2)cn1. The molecule has 3 heterocycles. The molecule has 0 amide bonds. The highest BCUT2D eigenvalue weighted by atomic mass is 16.5. The van der Waals surface area contributed by atoms with Crippen LogP contribution in [0.1, 0.15) is 24.2 Å². The summed E-state index contributed by atoms with van der Waals surface area (Å²) in [5, 5.41) is 4.38. The Morgan fingerprint density at radius 1 is 0.800 bits per heavy atom. The highest BCUT2D eigenvalue weighted by Gasteiger charge is 2.40. The van der Waals surface area contributed by atoms with Crippen LogP contribution in [0.25, 0.3) is 22.6 Å². The van der Waals surface area contributed by atoms with Crippen molar-refractivity contribution in [3.8, 4) is 22.6 Å². The van der Waals surface area contributed by atoms with Gasteiger partial charge in [-0.05, 0) is 36.1 Å². The maximum atomic E-state index is 5.65. The molecule has 2 aromatic heterocycles. The third-order valence-electron chi connectivity index (χ3n) is 5.66. The molecule has 0 radical (unpaired) electrons. The van der Waals surface area contributed by atoms with Crippen LogP contribution in [0.4, 0.5) is 5.95 Å². The van der Waals surface area contributed by atoms with Gasteiger partial charge in [0.1, 0.15) is 0 Å². The van der Waals surface area contributed by atoms with Gasteiger partial charge in [0.25, 0.3) is 5.89 Å². The highest BCUT2D eigenvalue weighted by Crippen LogP contribution is 2.41. The molecule has 0 bridgehead atoms. The number of ether oxygens (including phenoxy) is 1. The molecule has 0 aliphatic carbocycles. The number of nitrogen functional groups attached to an aromatic ring is 1. The van der Waals surface area contributed by atoms with E-state index in [-0.39, 0.29) is 11.4 Å². The van der Waals surface area contributed by atoms with Crippen molar-refractivity contribution in [2.24, 2.45) is 0 Å². The van der Waals surface area contributed by atoms with Gasteiger partial charge in [0.05, 0.1) is 5.41 Å². The Morgan fingerprint density at radius 3 is 2.20 bits per heavy atom. The third kappa shape index (κ3) is 3.33. The largest absolute Gasteiger partial charge is 0.381 e. The standard InChI is InChI=1S/C23H21N5O2/c24-22-25-14-18(15-26-22)16-6-8-19(9-7-16)23(10-12-29-13-11-23)21-27-20(30-28-21)17-4-2-1-3-5-17/h1-9,14-15H,10-13H2,(H2,24,25,26). The smallest absolute Gasteiger partial charge is 0.257 e. The second kappa shape index (κ2) is 7.68. The Bertz CT molecular complexity index is 1120. The van der Waals surface area contributed by atoms with E-state index in [0.29, 0.717) is 24.9 Å². The predicted molar refractivity (Wildman–Crippen MR) is 112 cm³/mol. The Hall–Kier alpha value is -3.58. The van der Waals surface area contributed by atoms with E-state index in [9.17, 15) is 0 Å². The van der Waals surface area contributed by atoms with Gasteiger partial charge >= 0.3 is 0 Å². The summed E-state index contributed by atoms with van der Waals surface area (Å²) in [6.45, 7) is 1.31. The van der Waals surface area contributed by atoms with E-state index >= 15 is 0 Å². The number of hydrogen-bond acceptors (Lipinski definition) is 7. The van der Waals surface area contributed by atoms with Crippen molar-refractivity contribution in [3.63, 3.8) is 0 Å². The number of aromatic nitrogens is 4. The quantitative estimate of drug-likeness (QED) is 0.556. The lowest BCUT2D eigenvalue weighted by Gasteiger charge is -2.35. The second-order valence-corrected chi connectivity index (χ2v) is 7.39. The number of anilines is 1. The molecule has 2 aromatic carbocycles. The fourth-order valence-corrected chi connectivity index (χ4v) is 3.95. The fourth-order valence-electron chi connectivity index (χ4n) is 3.95. The van der Waals surface area contributed by atoms with Gasteiger partial charge < -0.3 is 15.0 Å². The highest BCUT2D eigenvalue weighted by molar-refractivity contribution is 5.63. The van der Waals surface area contributed by atoms with Crippen molar-refractivity contribution in [1.29, 1.82) is 0 Å². The molecule has 0 spiro atoms. The van der Waals surface area contributed by atoms with Crippen LogP contribution in [-0.4, -0.2) is 33.3 Å². The van der Waals surface area contributed by atoms with Crippen molar-refractivity contribution < 1.29 is 9.26 Å². The summed E-state index contributed by atoms with van der Waals surface area (Å²) in [4.78, 5) is 12.9. The lowest BCUT2D eigenvalue weighted by atomic mass is 9.73. The maximum absolute atomic E-state index is 5.65. The van der Waals surface area contributed by atoms with Gasteiger partial charge in [0.15, 0.2) is 5.82 Å². The van der Waals surface area contributed by atoms with E-state index in [2.05, 4.69) is 39.4 Å². The Morgan fingerprint density at radius 2 is 1.50 bits per heavy atom. The van der Waals surface area contributed by atoms with Gasteiger partial charge in [0, 0.05) is 36.7 Å². The van der Waals surface area contributed by atoms with E-state index in [1.54, 1.807) is 12.4 Å². The number of nitrogens with zero attached hydrogens (tertiary/aromatic N) is 4. The van der Waals surface area contributed by atoms with E-state index in [0.717, 1.165) is 35.1 Å². The van der Waals surface area contributed by atoms with Gasteiger partial charge in [-0.1, -0.05) is 47.6 Å². The van der Waals surface area contributed by atoms with E-state index < -0.39 is 0 Å². The zero-order chi connectivity index (χ0) is 20.4. The zero-order valence-electron chi connectivity index (χ0n) is 16.4. The molecular weight excluding hydrogens is 378 g/mol. The van der Waals surface area contributed by atoms with Crippen LogP contribution in [-0.2, 0) is 10.2 Å². The summed E-state index contributed by atoms with van der Waals surface area (Å²) < 4.78 is 11.3. The van der Waals surface area contributed by atoms with E-state index in [4.69, 9.17) is 20.0 Å². The maximum Gasteiger partial charge on any atom is 0.257 e. The van der Waals surface area contributed by atoms with Crippen LogP contribution in [0.3, 0.4) is 0 Å². The molecule has 5 rings (SSSR count). The number of benzene rings is 2. The lowest BCUT2D eigenvalue weighted by molar-refractivity contribution is 0.0597. The third-order valence-corrected chi connectivity index (χ3v) is 5.66. The molecule has 150 valence electrons. The van der Waals surface area contributed by atoms with Crippen LogP contribution in [0.5, 0.6) is 0 Å². The van der Waals surface area contributed by atoms with Gasteiger partial charge in [-0.15, -0.1) is 0 Å². The predicted octanol–water partition coefficient (Wildman–Crippen LogP) is 3.87. The Labute approximate surface area is 173 Å². The first-order chi connectivity index (χ1) is 14.7. The van der Waals surface area contributed by atoms with Crippen LogP contribution in [0, 0.1) is 0 Å². The average Bonchev–Trinajstić information content (AvgIpc) is 3.32. The number of rotatable bonds is 4. The van der Waals surface area contributed by atoms with Crippen LogP contribution in [0.15, 0.2) is 71.5 Å². The van der Waals surface area contributed by atoms with Gasteiger partial charge in [-0.3, -0.25) is 0 Å². The first-order valence-corrected chi connectivity index (χ1v) is 9.90. The van der Waals surface area contributed by atoms with Gasteiger partial charge in [-0.2, -0.15) is 4.98 Å². The summed E-state index contributed by atoms with van der Waals surface area (Å²) in [5.74, 6) is 1.50. The van der Waals surface area contributed by atoms with E-state index in [1.165, 1.54) is 0 Å². The monoisotopic (exact) mass is 399 g/mol. The summed E-state index contributed by atoms with van der Waals surface area (Å²) in [6.07, 6.45) is 5.05. The molecule has 0 atom stereocenters. The molecule has 30 heavy (non-hydrogen) atoms. The van der Waals surface area contributed by atoms with Gasteiger partial charge in [0.2, 0.25) is 5.95 Å². The molecular formula is C23H21N5O2. The van der Waals surface area contributed by atoms with Gasteiger partial charge in [-0.25, -0.2) is 9.97 Å². The number of hydrogen-bond donors (Lipinski definition) is 1. The first-order valence-electron chi connectivity index (χ1n) is 9.90. The lowest BCUT2D eigenvalue weighted by Crippen LogP contribution is -2.36. The normalized spacial score (nSPS) is 15.7. The molecule has 0 saturated carbocycles. The Balaban J connectivity index is 1.51. The minimum Gasteiger partial charge on any atom is -0.381 e. The molecule has 1 aliphatic heterocycles. The topological polar surface area (TPSA) is 100.0 Å². The van der Waals surface area contributed by atoms with Crippen molar-refractivity contribution in [1.82, 2.24) is 20.1 Å². The molecule has 7 nitrogen and oxygen atoms in total. The van der Waals surface area contributed by atoms with Crippen molar-refractivity contribution in [3.05, 3.63) is 78.4 Å². The molecule has 4 aromatic rings. The summed E-state index contributed by atoms with van der Waals surface area (Å²) in [5.41, 5.74) is 9.26. The minimum absolute atomic E-state index is 0.267. The van der Waals surface area contributed by atoms with Crippen LogP contribution < -0.4 is 5.73 Å². The van der Waals surface area contributed by atoms with Crippen molar-refractivity contribution in [2.75, 3.05) is 18.9 Å². The molecule has 1 saturated heterocycles. The average molecular weight is 399 g/mol. The first kappa shape index (κ1) is 18.4. The second-order valence-electron chi connectivity index (χ2n) is 7.39. The fraction of sp³-hybridized carbons (Fsp3) is 0.217. The molecule has 1 fully saturated rings. The number of nitrogens with two attached hydrogens (primary N) is 1. The minimum atomic E-state index is -0.342. The Kier molecular flexibility index (Phi) is 4.72. The van der Waals surface area contributed by atoms with E-state index in [1.807, 2.05) is 30.3 Å². The molecule has 0 unspecified atom stereocenters. The molecule has 2 N–H and O–H groups in total. The van der Waals surface area contributed by atoms with Crippen molar-refractivity contribution in [2.45, 2.75) is 18.3 Å². The summed E-state index contributed by atoms with van der Waals surface area (Å²) in [7, 11) is 0. The zero-order valence-corrected chi connectivity index (χ0v) is 16.4. The van der Waals surface area contributed by atoms with Crippen molar-refractivity contribution >= 4 is 5.95 Å². The van der Waals surface area contributed by atoms with Crippen LogP contribution in [0.2, 0.25) is 0 Å². The molecule has 7 heteroatoms. The van der Waals surface area contributed by atoms with Crippen LogP contribution >= 0.6 is 0 Å². The summed E-state index contributed by atoms with van der Waals surface area (Å²) >= 11 is 0. The summed E-state index contributed by atoms with van der Waals surface area (Å²) in [6, 6.07) is 18.2.